The molecule has 1 aromatic rings. The van der Waals surface area contributed by atoms with Crippen LogP contribution in [0.25, 0.3) is 5.57 Å². The summed E-state index contributed by atoms with van der Waals surface area (Å²) in [7, 11) is 0. The average molecular weight is 356 g/mol. The monoisotopic (exact) mass is 355 g/mol. The fraction of sp³-hybridized carbons (Fsp3) is 0.412. The van der Waals surface area contributed by atoms with E-state index >= 15 is 0 Å². The Labute approximate surface area is 144 Å². The van der Waals surface area contributed by atoms with Crippen molar-refractivity contribution in [3.63, 3.8) is 0 Å². The number of hydrogen-bond donors (Lipinski definition) is 1. The van der Waals surface area contributed by atoms with Crippen LogP contribution in [0.5, 0.6) is 0 Å². The molecule has 0 saturated heterocycles. The van der Waals surface area contributed by atoms with Crippen LogP contribution in [0.2, 0.25) is 5.02 Å². The summed E-state index contributed by atoms with van der Waals surface area (Å²) >= 11 is 5.82. The molecule has 0 fully saturated rings. The van der Waals surface area contributed by atoms with E-state index in [9.17, 15) is 19.1 Å². The first-order valence-corrected chi connectivity index (χ1v) is 7.82. The lowest BCUT2D eigenvalue weighted by Crippen LogP contribution is -2.43. The lowest BCUT2D eigenvalue weighted by atomic mass is 9.94. The number of carbonyl (C=O) groups is 2. The molecule has 1 aliphatic rings. The highest BCUT2D eigenvalue weighted by Crippen LogP contribution is 2.30. The number of carbonyl (C=O) groups excluding carboxylic acids is 1. The van der Waals surface area contributed by atoms with E-state index in [4.69, 9.17) is 16.3 Å². The number of benzene rings is 1. The van der Waals surface area contributed by atoms with Gasteiger partial charge in [0.2, 0.25) is 0 Å². The van der Waals surface area contributed by atoms with Gasteiger partial charge in [0.05, 0.1) is 17.0 Å². The van der Waals surface area contributed by atoms with Crippen LogP contribution < -0.4 is 0 Å². The molecule has 0 bridgehead atoms. The molecule has 1 amide bonds. The molecule has 0 saturated carbocycles. The van der Waals surface area contributed by atoms with Gasteiger partial charge in [-0.2, -0.15) is 0 Å². The zero-order valence-electron chi connectivity index (χ0n) is 13.7. The molecule has 7 heteroatoms. The molecule has 1 aliphatic heterocycles. The number of halogens is 2. The number of esters is 1. The summed E-state index contributed by atoms with van der Waals surface area (Å²) in [6.45, 7) is 5.31. The van der Waals surface area contributed by atoms with Crippen molar-refractivity contribution in [3.05, 3.63) is 40.7 Å². The Kier molecular flexibility index (Phi) is 5.18. The van der Waals surface area contributed by atoms with E-state index in [1.54, 1.807) is 26.8 Å². The van der Waals surface area contributed by atoms with Crippen molar-refractivity contribution in [2.45, 2.75) is 26.9 Å². The van der Waals surface area contributed by atoms with Crippen LogP contribution in [0, 0.1) is 11.2 Å². The lowest BCUT2D eigenvalue weighted by Gasteiger charge is -2.32. The van der Waals surface area contributed by atoms with E-state index in [2.05, 4.69) is 0 Å². The molecule has 2 rings (SSSR count). The topological polar surface area (TPSA) is 66.8 Å². The first-order chi connectivity index (χ1) is 11.1. The maximum absolute atomic E-state index is 13.4. The minimum Gasteiger partial charge on any atom is -0.465 e. The van der Waals surface area contributed by atoms with Gasteiger partial charge in [0.25, 0.3) is 0 Å². The molecule has 0 radical (unpaired) electrons. The summed E-state index contributed by atoms with van der Waals surface area (Å²) in [4.78, 5) is 24.6. The van der Waals surface area contributed by atoms with E-state index in [0.717, 1.165) is 4.90 Å². The third kappa shape index (κ3) is 4.06. The molecule has 0 aromatic heterocycles. The lowest BCUT2D eigenvalue weighted by molar-refractivity contribution is -0.156. The van der Waals surface area contributed by atoms with E-state index in [-0.39, 0.29) is 18.1 Å². The van der Waals surface area contributed by atoms with Crippen molar-refractivity contribution in [1.29, 1.82) is 0 Å². The van der Waals surface area contributed by atoms with E-state index < -0.39 is 29.4 Å². The normalized spacial score (nSPS) is 18.1. The second kappa shape index (κ2) is 6.81. The maximum Gasteiger partial charge on any atom is 0.407 e. The zero-order chi connectivity index (χ0) is 18.1. The van der Waals surface area contributed by atoms with Gasteiger partial charge in [0.1, 0.15) is 11.9 Å². The molecule has 130 valence electrons. The Hall–Kier alpha value is -2.08. The Morgan fingerprint density at radius 2 is 2.04 bits per heavy atom. The average Bonchev–Trinajstić information content (AvgIpc) is 2.49. The minimum atomic E-state index is -1.10. The van der Waals surface area contributed by atoms with E-state index in [1.165, 1.54) is 18.2 Å². The fourth-order valence-corrected chi connectivity index (χ4v) is 2.44. The number of hydrogen-bond acceptors (Lipinski definition) is 3. The van der Waals surface area contributed by atoms with Crippen molar-refractivity contribution in [2.75, 3.05) is 13.1 Å². The summed E-state index contributed by atoms with van der Waals surface area (Å²) in [5.41, 5.74) is 0.488. The molecule has 1 heterocycles. The van der Waals surface area contributed by atoms with Gasteiger partial charge >= 0.3 is 12.1 Å². The summed E-state index contributed by atoms with van der Waals surface area (Å²) < 4.78 is 18.9. The van der Waals surface area contributed by atoms with E-state index in [0.29, 0.717) is 11.1 Å². The number of carboxylic acid groups (broad SMARTS) is 1. The summed E-state index contributed by atoms with van der Waals surface area (Å²) in [5.74, 6) is -0.994. The Balaban J connectivity index is 2.35. The molecule has 0 spiro atoms. The number of rotatable bonds is 2. The van der Waals surface area contributed by atoms with Crippen LogP contribution in [0.4, 0.5) is 9.18 Å². The van der Waals surface area contributed by atoms with Gasteiger partial charge in [0, 0.05) is 6.54 Å². The standard InChI is InChI=1S/C17H19ClFNO4/c1-17(2,3)15(21)24-14-9-20(16(22)23)7-6-11(14)10-4-5-13(19)12(18)8-10/h4-6,8,14H,7,9H2,1-3H3,(H,22,23)/t14-/m0/s1. The summed E-state index contributed by atoms with van der Waals surface area (Å²) in [6.07, 6.45) is -0.218. The second-order valence-corrected chi connectivity index (χ2v) is 7.03. The number of nitrogens with zero attached hydrogens (tertiary/aromatic N) is 1. The highest BCUT2D eigenvalue weighted by molar-refractivity contribution is 6.30. The van der Waals surface area contributed by atoms with Crippen LogP contribution in [0.1, 0.15) is 26.3 Å². The van der Waals surface area contributed by atoms with Gasteiger partial charge < -0.3 is 14.7 Å². The Morgan fingerprint density at radius 3 is 2.58 bits per heavy atom. The van der Waals surface area contributed by atoms with Gasteiger partial charge in [-0.15, -0.1) is 0 Å². The van der Waals surface area contributed by atoms with Gasteiger partial charge in [-0.25, -0.2) is 9.18 Å². The Bertz CT molecular complexity index is 696. The molecule has 1 aromatic carbocycles. The molecular formula is C17H19ClFNO4. The quantitative estimate of drug-likeness (QED) is 0.819. The minimum absolute atomic E-state index is 0.0119. The smallest absolute Gasteiger partial charge is 0.407 e. The predicted molar refractivity (Wildman–Crippen MR) is 88.3 cm³/mol. The zero-order valence-corrected chi connectivity index (χ0v) is 14.4. The molecule has 1 N–H and O–H groups in total. The molecule has 0 unspecified atom stereocenters. The first kappa shape index (κ1) is 18.3. The van der Waals surface area contributed by atoms with Crippen molar-refractivity contribution in [1.82, 2.24) is 4.90 Å². The predicted octanol–water partition coefficient (Wildman–Crippen LogP) is 3.81. The third-order valence-electron chi connectivity index (χ3n) is 3.65. The van der Waals surface area contributed by atoms with Crippen LogP contribution in [-0.4, -0.2) is 41.3 Å². The SMILES string of the molecule is CC(C)(C)C(=O)O[C@H]1CN(C(=O)O)CC=C1c1ccc(F)c(Cl)c1. The molecule has 24 heavy (non-hydrogen) atoms. The van der Waals surface area contributed by atoms with Crippen molar-refractivity contribution in [3.8, 4) is 0 Å². The van der Waals surface area contributed by atoms with Crippen LogP contribution in [0.15, 0.2) is 24.3 Å². The highest BCUT2D eigenvalue weighted by Gasteiger charge is 2.33. The van der Waals surface area contributed by atoms with Crippen molar-refractivity contribution < 1.29 is 23.8 Å². The highest BCUT2D eigenvalue weighted by atomic mass is 35.5. The second-order valence-electron chi connectivity index (χ2n) is 6.62. The largest absolute Gasteiger partial charge is 0.465 e. The van der Waals surface area contributed by atoms with Gasteiger partial charge in [-0.05, 0) is 44.0 Å². The molecule has 1 atom stereocenters. The van der Waals surface area contributed by atoms with Crippen molar-refractivity contribution >= 4 is 29.2 Å². The van der Waals surface area contributed by atoms with Crippen molar-refractivity contribution in [2.24, 2.45) is 5.41 Å². The molecular weight excluding hydrogens is 337 g/mol. The van der Waals surface area contributed by atoms with Gasteiger partial charge in [-0.3, -0.25) is 4.79 Å². The number of amides is 1. The summed E-state index contributed by atoms with van der Waals surface area (Å²) in [6, 6.07) is 4.20. The van der Waals surface area contributed by atoms with Crippen LogP contribution >= 0.6 is 11.6 Å². The van der Waals surface area contributed by atoms with Crippen LogP contribution in [0.3, 0.4) is 0 Å². The Morgan fingerprint density at radius 1 is 1.38 bits per heavy atom. The fourth-order valence-electron chi connectivity index (χ4n) is 2.26. The van der Waals surface area contributed by atoms with Gasteiger partial charge in [0.15, 0.2) is 0 Å². The molecule has 0 aliphatic carbocycles. The number of ether oxygens (including phenoxy) is 1. The summed E-state index contributed by atoms with van der Waals surface area (Å²) in [5, 5.41) is 9.13. The molecule has 5 nitrogen and oxygen atoms in total. The third-order valence-corrected chi connectivity index (χ3v) is 3.94. The van der Waals surface area contributed by atoms with Crippen LogP contribution in [-0.2, 0) is 9.53 Å². The van der Waals surface area contributed by atoms with E-state index in [1.807, 2.05) is 0 Å². The maximum atomic E-state index is 13.4. The van der Waals surface area contributed by atoms with Gasteiger partial charge in [-0.1, -0.05) is 23.7 Å². The first-order valence-electron chi connectivity index (χ1n) is 7.44.